The first-order valence-corrected chi connectivity index (χ1v) is 9.86. The number of rotatable bonds is 6. The van der Waals surface area contributed by atoms with Crippen LogP contribution >= 0.6 is 15.9 Å². The number of benzene rings is 3. The summed E-state index contributed by atoms with van der Waals surface area (Å²) in [4.78, 5) is 15.0. The van der Waals surface area contributed by atoms with Crippen LogP contribution in [0.3, 0.4) is 0 Å². The summed E-state index contributed by atoms with van der Waals surface area (Å²) in [6.45, 7) is 0. The predicted molar refractivity (Wildman–Crippen MR) is 120 cm³/mol. The summed E-state index contributed by atoms with van der Waals surface area (Å²) in [5.74, 6) is -0.630. The number of carbonyl (C=O) groups excluding carboxylic acids is 1. The second kappa shape index (κ2) is 9.03. The van der Waals surface area contributed by atoms with Crippen LogP contribution in [-0.4, -0.2) is 31.3 Å². The van der Waals surface area contributed by atoms with Gasteiger partial charge in [-0.05, 0) is 44.8 Å². The van der Waals surface area contributed by atoms with Crippen LogP contribution in [0.2, 0.25) is 0 Å². The summed E-state index contributed by atoms with van der Waals surface area (Å²) in [6.07, 6.45) is 1.54. The first-order chi connectivity index (χ1) is 13.9. The van der Waals surface area contributed by atoms with Crippen molar-refractivity contribution in [2.45, 2.75) is 5.60 Å². The van der Waals surface area contributed by atoms with Gasteiger partial charge in [0, 0.05) is 18.6 Å². The van der Waals surface area contributed by atoms with Gasteiger partial charge in [0.2, 0.25) is 0 Å². The van der Waals surface area contributed by atoms with Crippen molar-refractivity contribution in [3.8, 4) is 0 Å². The number of hydrogen-bond donors (Lipinski definition) is 2. The second-order valence-corrected chi connectivity index (χ2v) is 7.60. The summed E-state index contributed by atoms with van der Waals surface area (Å²) >= 11 is 3.53. The average molecular weight is 452 g/mol. The summed E-state index contributed by atoms with van der Waals surface area (Å²) in [6, 6.07) is 23.4. The Morgan fingerprint density at radius 2 is 1.55 bits per heavy atom. The molecule has 0 aliphatic carbocycles. The highest BCUT2D eigenvalue weighted by molar-refractivity contribution is 9.10. The van der Waals surface area contributed by atoms with Crippen LogP contribution in [0.5, 0.6) is 0 Å². The largest absolute Gasteiger partial charge is 0.377 e. The average Bonchev–Trinajstić information content (AvgIpc) is 2.74. The van der Waals surface area contributed by atoms with Crippen LogP contribution < -0.4 is 10.3 Å². The van der Waals surface area contributed by atoms with E-state index in [1.165, 1.54) is 0 Å². The molecule has 0 heterocycles. The number of anilines is 1. The van der Waals surface area contributed by atoms with Gasteiger partial charge in [0.1, 0.15) is 0 Å². The van der Waals surface area contributed by atoms with E-state index in [2.05, 4.69) is 26.5 Å². The number of nitrogens with one attached hydrogen (secondary N) is 1. The number of hydrogen-bond acceptors (Lipinski definition) is 4. The van der Waals surface area contributed by atoms with E-state index >= 15 is 0 Å². The Balaban J connectivity index is 1.85. The third-order valence-electron chi connectivity index (χ3n) is 4.54. The van der Waals surface area contributed by atoms with Gasteiger partial charge in [-0.15, -0.1) is 0 Å². The maximum atomic E-state index is 13.0. The molecule has 6 heteroatoms. The van der Waals surface area contributed by atoms with Crippen LogP contribution in [0.25, 0.3) is 0 Å². The molecule has 3 aromatic rings. The molecular weight excluding hydrogens is 430 g/mol. The molecule has 0 fully saturated rings. The predicted octanol–water partition coefficient (Wildman–Crippen LogP) is 3.90. The van der Waals surface area contributed by atoms with Crippen molar-refractivity contribution in [1.82, 2.24) is 5.43 Å². The summed E-state index contributed by atoms with van der Waals surface area (Å²) in [5.41, 5.74) is 3.41. The molecule has 0 unspecified atom stereocenters. The summed E-state index contributed by atoms with van der Waals surface area (Å²) in [5, 5.41) is 15.4. The number of nitrogens with zero attached hydrogens (tertiary/aromatic N) is 2. The molecule has 0 atom stereocenters. The van der Waals surface area contributed by atoms with Gasteiger partial charge < -0.3 is 10.0 Å². The van der Waals surface area contributed by atoms with E-state index in [9.17, 15) is 9.90 Å². The van der Waals surface area contributed by atoms with Crippen LogP contribution in [0, 0.1) is 0 Å². The lowest BCUT2D eigenvalue weighted by Crippen LogP contribution is -2.43. The zero-order valence-corrected chi connectivity index (χ0v) is 17.8. The molecule has 29 heavy (non-hydrogen) atoms. The van der Waals surface area contributed by atoms with Crippen LogP contribution in [0.4, 0.5) is 5.69 Å². The minimum atomic E-state index is -1.85. The molecule has 2 N–H and O–H groups in total. The van der Waals surface area contributed by atoms with Crippen molar-refractivity contribution in [3.63, 3.8) is 0 Å². The Hall–Kier alpha value is -2.96. The molecule has 0 saturated heterocycles. The minimum Gasteiger partial charge on any atom is -0.377 e. The number of amides is 1. The first-order valence-electron chi connectivity index (χ1n) is 9.06. The number of aliphatic hydroxyl groups is 1. The smallest absolute Gasteiger partial charge is 0.281 e. The van der Waals surface area contributed by atoms with Gasteiger partial charge >= 0.3 is 0 Å². The molecule has 0 bridgehead atoms. The van der Waals surface area contributed by atoms with Gasteiger partial charge in [-0.25, -0.2) is 5.43 Å². The van der Waals surface area contributed by atoms with Gasteiger partial charge in [-0.3, -0.25) is 4.79 Å². The zero-order valence-electron chi connectivity index (χ0n) is 16.2. The van der Waals surface area contributed by atoms with Gasteiger partial charge in [-0.1, -0.05) is 66.7 Å². The van der Waals surface area contributed by atoms with Crippen molar-refractivity contribution in [3.05, 3.63) is 100 Å². The van der Waals surface area contributed by atoms with Gasteiger partial charge in [0.25, 0.3) is 5.91 Å². The second-order valence-electron chi connectivity index (χ2n) is 6.75. The number of halogens is 1. The van der Waals surface area contributed by atoms with E-state index in [0.717, 1.165) is 15.7 Å². The Labute approximate surface area is 178 Å². The van der Waals surface area contributed by atoms with Crippen molar-refractivity contribution in [2.75, 3.05) is 19.0 Å². The fourth-order valence-electron chi connectivity index (χ4n) is 3.00. The Kier molecular flexibility index (Phi) is 6.46. The summed E-state index contributed by atoms with van der Waals surface area (Å²) in [7, 11) is 3.92. The molecule has 148 valence electrons. The topological polar surface area (TPSA) is 64.9 Å². The molecule has 0 aliphatic rings. The normalized spacial score (nSPS) is 11.4. The highest BCUT2D eigenvalue weighted by Gasteiger charge is 2.39. The molecule has 0 saturated carbocycles. The molecule has 0 radical (unpaired) electrons. The van der Waals surface area contributed by atoms with E-state index in [4.69, 9.17) is 0 Å². The fourth-order valence-corrected chi connectivity index (χ4v) is 3.75. The highest BCUT2D eigenvalue weighted by Crippen LogP contribution is 2.30. The quantitative estimate of drug-likeness (QED) is 0.441. The van der Waals surface area contributed by atoms with E-state index in [1.54, 1.807) is 54.7 Å². The molecule has 1 amide bonds. The zero-order chi connectivity index (χ0) is 20.9. The van der Waals surface area contributed by atoms with E-state index in [1.807, 2.05) is 49.3 Å². The SMILES string of the molecule is CN(C)c1ccc(/C=N\NC(=O)C(O)(c2ccccc2)c2ccccc2)cc1Br. The molecule has 0 aromatic heterocycles. The van der Waals surface area contributed by atoms with Gasteiger partial charge in [-0.2, -0.15) is 5.10 Å². The van der Waals surface area contributed by atoms with Crippen LogP contribution in [-0.2, 0) is 10.4 Å². The van der Waals surface area contributed by atoms with E-state index in [0.29, 0.717) is 11.1 Å². The monoisotopic (exact) mass is 451 g/mol. The van der Waals surface area contributed by atoms with E-state index in [-0.39, 0.29) is 0 Å². The molecular formula is C23H22BrN3O2. The lowest BCUT2D eigenvalue weighted by Gasteiger charge is -2.27. The molecule has 5 nitrogen and oxygen atoms in total. The van der Waals surface area contributed by atoms with Crippen LogP contribution in [0.15, 0.2) is 88.4 Å². The summed E-state index contributed by atoms with van der Waals surface area (Å²) < 4.78 is 0.919. The maximum Gasteiger partial charge on any atom is 0.281 e. The third kappa shape index (κ3) is 4.55. The Morgan fingerprint density at radius 3 is 2.03 bits per heavy atom. The lowest BCUT2D eigenvalue weighted by molar-refractivity contribution is -0.136. The standard InChI is InChI=1S/C23H22BrN3O2/c1-27(2)21-14-13-17(15-20(21)24)16-25-26-22(28)23(29,18-9-5-3-6-10-18)19-11-7-4-8-12-19/h3-16,29H,1-2H3,(H,26,28)/b25-16-. The lowest BCUT2D eigenvalue weighted by atomic mass is 9.85. The van der Waals surface area contributed by atoms with Gasteiger partial charge in [0.15, 0.2) is 5.60 Å². The van der Waals surface area contributed by atoms with Crippen molar-refractivity contribution in [2.24, 2.45) is 5.10 Å². The maximum absolute atomic E-state index is 13.0. The molecule has 0 spiro atoms. The number of hydrazone groups is 1. The minimum absolute atomic E-state index is 0.469. The highest BCUT2D eigenvalue weighted by atomic mass is 79.9. The first kappa shape index (κ1) is 20.8. The van der Waals surface area contributed by atoms with Gasteiger partial charge in [0.05, 0.1) is 11.9 Å². The fraction of sp³-hybridized carbons (Fsp3) is 0.130. The van der Waals surface area contributed by atoms with Crippen molar-refractivity contribution >= 4 is 33.7 Å². The van der Waals surface area contributed by atoms with E-state index < -0.39 is 11.5 Å². The van der Waals surface area contributed by atoms with Crippen molar-refractivity contribution in [1.29, 1.82) is 0 Å². The van der Waals surface area contributed by atoms with Crippen LogP contribution in [0.1, 0.15) is 16.7 Å². The van der Waals surface area contributed by atoms with Crippen molar-refractivity contribution < 1.29 is 9.90 Å². The Morgan fingerprint density at radius 1 is 1.00 bits per heavy atom. The Bertz CT molecular complexity index is 966. The molecule has 3 rings (SSSR count). The molecule has 0 aliphatic heterocycles. The molecule has 3 aromatic carbocycles. The number of carbonyl (C=O) groups is 1. The third-order valence-corrected chi connectivity index (χ3v) is 5.18.